The Labute approximate surface area is 73.9 Å². The van der Waals surface area contributed by atoms with Gasteiger partial charge in [0, 0.05) is 13.1 Å². The first kappa shape index (κ1) is 11.0. The molecule has 1 nitrogen and oxygen atoms in total. The van der Waals surface area contributed by atoms with Gasteiger partial charge in [-0.1, -0.05) is 18.2 Å². The third-order valence-electron chi connectivity index (χ3n) is 1.72. The summed E-state index contributed by atoms with van der Waals surface area (Å²) < 4.78 is 13.1. The fourth-order valence-electron chi connectivity index (χ4n) is 0.646. The fourth-order valence-corrected chi connectivity index (χ4v) is 0.646. The molecular weight excluding hydrogens is 153 g/mol. The van der Waals surface area contributed by atoms with Crippen LogP contribution in [-0.4, -0.2) is 18.0 Å². The first-order valence-electron chi connectivity index (χ1n) is 3.97. The van der Waals surface area contributed by atoms with Crippen molar-refractivity contribution < 1.29 is 4.39 Å². The second-order valence-electron chi connectivity index (χ2n) is 2.60. The molecule has 0 saturated heterocycles. The highest BCUT2D eigenvalue weighted by Gasteiger charge is 2.06. The van der Waals surface area contributed by atoms with Crippen LogP contribution in [0.3, 0.4) is 0 Å². The molecule has 0 aliphatic carbocycles. The molecule has 0 heterocycles. The predicted octanol–water partition coefficient (Wildman–Crippen LogP) is 2.88. The molecule has 12 heavy (non-hydrogen) atoms. The van der Waals surface area contributed by atoms with Gasteiger partial charge < -0.3 is 4.90 Å². The molecule has 0 aliphatic heterocycles. The average Bonchev–Trinajstić information content (AvgIpc) is 2.11. The van der Waals surface area contributed by atoms with Gasteiger partial charge in [0.1, 0.15) is 0 Å². The van der Waals surface area contributed by atoms with Crippen molar-refractivity contribution in [3.63, 3.8) is 0 Å². The molecule has 0 aromatic rings. The minimum absolute atomic E-state index is 0.0199. The van der Waals surface area contributed by atoms with Crippen LogP contribution >= 0.6 is 0 Å². The summed E-state index contributed by atoms with van der Waals surface area (Å²) in [5.41, 5.74) is 0. The van der Waals surface area contributed by atoms with Crippen molar-refractivity contribution in [1.82, 2.24) is 4.90 Å². The SMILES string of the molecule is C=CC(C)N(C)/C(F)=C\C=C\C. The zero-order valence-electron chi connectivity index (χ0n) is 7.92. The molecule has 68 valence electrons. The lowest BCUT2D eigenvalue weighted by atomic mass is 10.3. The van der Waals surface area contributed by atoms with Crippen LogP contribution in [0.4, 0.5) is 4.39 Å². The van der Waals surface area contributed by atoms with Gasteiger partial charge in [0.2, 0.25) is 0 Å². The van der Waals surface area contributed by atoms with E-state index in [0.29, 0.717) is 0 Å². The molecule has 0 spiro atoms. The highest BCUT2D eigenvalue weighted by atomic mass is 19.1. The molecule has 0 aromatic heterocycles. The van der Waals surface area contributed by atoms with E-state index in [1.807, 2.05) is 13.8 Å². The fraction of sp³-hybridized carbons (Fsp3) is 0.400. The number of nitrogens with zero attached hydrogens (tertiary/aromatic N) is 1. The summed E-state index contributed by atoms with van der Waals surface area (Å²) in [5, 5.41) is 0. The highest BCUT2D eigenvalue weighted by molar-refractivity contribution is 5.07. The first-order chi connectivity index (χ1) is 5.63. The number of hydrogen-bond donors (Lipinski definition) is 0. The quantitative estimate of drug-likeness (QED) is 0.355. The smallest absolute Gasteiger partial charge is 0.189 e. The Hall–Kier alpha value is -1.05. The van der Waals surface area contributed by atoms with Crippen molar-refractivity contribution in [1.29, 1.82) is 0 Å². The van der Waals surface area contributed by atoms with Crippen LogP contribution in [0.5, 0.6) is 0 Å². The van der Waals surface area contributed by atoms with E-state index in [1.54, 1.807) is 25.3 Å². The standard InChI is InChI=1S/C10H16FN/c1-5-7-8-10(11)12(4)9(3)6-2/h5-9H,2H2,1,3-4H3/b7-5+,10-8-. The molecule has 0 fully saturated rings. The van der Waals surface area contributed by atoms with E-state index < -0.39 is 0 Å². The van der Waals surface area contributed by atoms with Gasteiger partial charge in [0.05, 0.1) is 0 Å². The Balaban J connectivity index is 4.26. The van der Waals surface area contributed by atoms with Gasteiger partial charge in [-0.15, -0.1) is 6.58 Å². The van der Waals surface area contributed by atoms with Crippen LogP contribution in [0, 0.1) is 0 Å². The Morgan fingerprint density at radius 3 is 2.58 bits per heavy atom. The highest BCUT2D eigenvalue weighted by Crippen LogP contribution is 2.08. The van der Waals surface area contributed by atoms with Gasteiger partial charge >= 0.3 is 0 Å². The normalized spacial score (nSPS) is 14.8. The second-order valence-corrected chi connectivity index (χ2v) is 2.60. The van der Waals surface area contributed by atoms with Gasteiger partial charge in [-0.2, -0.15) is 4.39 Å². The van der Waals surface area contributed by atoms with Gasteiger partial charge in [0.25, 0.3) is 0 Å². The van der Waals surface area contributed by atoms with E-state index in [0.717, 1.165) is 0 Å². The lowest BCUT2D eigenvalue weighted by Crippen LogP contribution is -2.24. The molecule has 1 atom stereocenters. The van der Waals surface area contributed by atoms with Crippen LogP contribution in [0.25, 0.3) is 0 Å². The molecule has 0 saturated carbocycles. The van der Waals surface area contributed by atoms with Crippen molar-refractivity contribution in [3.05, 3.63) is 36.8 Å². The maximum Gasteiger partial charge on any atom is 0.189 e. The number of rotatable bonds is 4. The van der Waals surface area contributed by atoms with Crippen molar-refractivity contribution in [2.45, 2.75) is 19.9 Å². The summed E-state index contributed by atoms with van der Waals surface area (Å²) in [6, 6.07) is 0.0199. The van der Waals surface area contributed by atoms with E-state index >= 15 is 0 Å². The molecular formula is C10H16FN. The molecule has 0 aliphatic rings. The summed E-state index contributed by atoms with van der Waals surface area (Å²) in [5.74, 6) is -0.250. The van der Waals surface area contributed by atoms with Crippen LogP contribution in [0.15, 0.2) is 36.8 Å². The molecule has 1 unspecified atom stereocenters. The number of allylic oxidation sites excluding steroid dienone is 3. The van der Waals surface area contributed by atoms with Crippen molar-refractivity contribution in [2.75, 3.05) is 7.05 Å². The largest absolute Gasteiger partial charge is 0.345 e. The summed E-state index contributed by atoms with van der Waals surface area (Å²) in [4.78, 5) is 1.52. The first-order valence-corrected chi connectivity index (χ1v) is 3.97. The zero-order valence-corrected chi connectivity index (χ0v) is 7.92. The van der Waals surface area contributed by atoms with Crippen LogP contribution < -0.4 is 0 Å². The number of halogens is 1. The van der Waals surface area contributed by atoms with E-state index in [4.69, 9.17) is 0 Å². The predicted molar refractivity (Wildman–Crippen MR) is 51.4 cm³/mol. The lowest BCUT2D eigenvalue weighted by Gasteiger charge is -2.21. The maximum atomic E-state index is 13.1. The van der Waals surface area contributed by atoms with Gasteiger partial charge in [-0.05, 0) is 19.9 Å². The molecule has 0 N–H and O–H groups in total. The zero-order chi connectivity index (χ0) is 9.56. The Morgan fingerprint density at radius 1 is 1.58 bits per heavy atom. The Morgan fingerprint density at radius 2 is 2.17 bits per heavy atom. The van der Waals surface area contributed by atoms with Crippen LogP contribution in [0.2, 0.25) is 0 Å². The molecule has 0 aromatic carbocycles. The molecule has 2 heteroatoms. The lowest BCUT2D eigenvalue weighted by molar-refractivity contribution is 0.289. The summed E-state index contributed by atoms with van der Waals surface area (Å²) in [6.07, 6.45) is 6.58. The molecule has 0 radical (unpaired) electrons. The minimum Gasteiger partial charge on any atom is -0.345 e. The van der Waals surface area contributed by atoms with E-state index in [2.05, 4.69) is 6.58 Å². The third kappa shape index (κ3) is 3.37. The molecule has 0 amide bonds. The maximum absolute atomic E-state index is 13.1. The van der Waals surface area contributed by atoms with Crippen molar-refractivity contribution in [2.24, 2.45) is 0 Å². The van der Waals surface area contributed by atoms with Gasteiger partial charge in [-0.25, -0.2) is 0 Å². The van der Waals surface area contributed by atoms with Gasteiger partial charge in [0.15, 0.2) is 5.95 Å². The number of likely N-dealkylation sites (N-methyl/N-ethyl adjacent to an activating group) is 1. The van der Waals surface area contributed by atoms with E-state index in [1.165, 1.54) is 11.0 Å². The Bertz CT molecular complexity index is 194. The Kier molecular flexibility index (Phi) is 5.09. The molecule has 0 bridgehead atoms. The van der Waals surface area contributed by atoms with Crippen molar-refractivity contribution in [3.8, 4) is 0 Å². The number of hydrogen-bond acceptors (Lipinski definition) is 1. The van der Waals surface area contributed by atoms with E-state index in [9.17, 15) is 4.39 Å². The third-order valence-corrected chi connectivity index (χ3v) is 1.72. The summed E-state index contributed by atoms with van der Waals surface area (Å²) >= 11 is 0. The summed E-state index contributed by atoms with van der Waals surface area (Å²) in [7, 11) is 1.70. The monoisotopic (exact) mass is 169 g/mol. The van der Waals surface area contributed by atoms with Crippen LogP contribution in [0.1, 0.15) is 13.8 Å². The summed E-state index contributed by atoms with van der Waals surface area (Å²) in [6.45, 7) is 7.32. The van der Waals surface area contributed by atoms with Crippen LogP contribution in [-0.2, 0) is 0 Å². The molecule has 0 rings (SSSR count). The van der Waals surface area contributed by atoms with Gasteiger partial charge in [-0.3, -0.25) is 0 Å². The minimum atomic E-state index is -0.250. The van der Waals surface area contributed by atoms with E-state index in [-0.39, 0.29) is 12.0 Å². The topological polar surface area (TPSA) is 3.24 Å². The van der Waals surface area contributed by atoms with Crippen molar-refractivity contribution >= 4 is 0 Å². The average molecular weight is 169 g/mol. The second kappa shape index (κ2) is 5.58.